The van der Waals surface area contributed by atoms with Crippen LogP contribution in [0.4, 0.5) is 4.39 Å². The lowest BCUT2D eigenvalue weighted by Crippen LogP contribution is -1.94. The summed E-state index contributed by atoms with van der Waals surface area (Å²) >= 11 is 10.7. The first kappa shape index (κ1) is 15.4. The van der Waals surface area contributed by atoms with Crippen LogP contribution in [0.1, 0.15) is 11.5 Å². The number of nitrogens with one attached hydrogen (secondary N) is 1. The van der Waals surface area contributed by atoms with E-state index in [0.29, 0.717) is 22.0 Å². The van der Waals surface area contributed by atoms with E-state index in [-0.39, 0.29) is 11.6 Å². The predicted octanol–water partition coefficient (Wildman–Crippen LogP) is 3.79. The van der Waals surface area contributed by atoms with Gasteiger partial charge in [-0.25, -0.2) is 4.39 Å². The molecule has 1 N–H and O–H groups in total. The standard InChI is InChI=1S/C14H10ClFN4O2S/c15-12-5-9(3-4-13(12)16)21-7-11-2-1-10(22-11)6-18-20-8-17-19-14(20)23/h1-6,8H,7H2,(H,19,23)/b18-6-. The molecule has 0 aliphatic heterocycles. The van der Waals surface area contributed by atoms with E-state index in [9.17, 15) is 4.39 Å². The molecule has 0 aliphatic rings. The molecule has 0 saturated heterocycles. The highest BCUT2D eigenvalue weighted by atomic mass is 35.5. The fourth-order valence-corrected chi connectivity index (χ4v) is 2.02. The maximum absolute atomic E-state index is 13.1. The van der Waals surface area contributed by atoms with Crippen LogP contribution in [-0.4, -0.2) is 21.1 Å². The van der Waals surface area contributed by atoms with Crippen molar-refractivity contribution in [2.45, 2.75) is 6.61 Å². The summed E-state index contributed by atoms with van der Waals surface area (Å²) in [5.74, 6) is 1.08. The molecule has 0 atom stereocenters. The maximum atomic E-state index is 13.1. The van der Waals surface area contributed by atoms with Gasteiger partial charge >= 0.3 is 0 Å². The van der Waals surface area contributed by atoms with Gasteiger partial charge < -0.3 is 9.15 Å². The Kier molecular flexibility index (Phi) is 4.54. The average Bonchev–Trinajstić information content (AvgIpc) is 3.15. The quantitative estimate of drug-likeness (QED) is 0.560. The average molecular weight is 353 g/mol. The molecular formula is C14H10ClFN4O2S. The molecule has 3 aromatic rings. The number of rotatable bonds is 5. The van der Waals surface area contributed by atoms with Crippen LogP contribution in [0, 0.1) is 10.6 Å². The van der Waals surface area contributed by atoms with Gasteiger partial charge in [-0.05, 0) is 36.5 Å². The van der Waals surface area contributed by atoms with E-state index in [1.807, 2.05) is 0 Å². The summed E-state index contributed by atoms with van der Waals surface area (Å²) < 4.78 is 25.9. The second-order valence-corrected chi connectivity index (χ2v) is 5.21. The van der Waals surface area contributed by atoms with Gasteiger partial charge in [0.1, 0.15) is 36.0 Å². The number of nitrogens with zero attached hydrogens (tertiary/aromatic N) is 3. The Hall–Kier alpha value is -2.45. The zero-order chi connectivity index (χ0) is 16.2. The molecule has 118 valence electrons. The molecule has 2 aromatic heterocycles. The molecule has 0 unspecified atom stereocenters. The second kappa shape index (κ2) is 6.76. The van der Waals surface area contributed by atoms with Crippen molar-refractivity contribution in [3.63, 3.8) is 0 Å². The Bertz CT molecular complexity index is 902. The van der Waals surface area contributed by atoms with Crippen molar-refractivity contribution in [1.29, 1.82) is 0 Å². The van der Waals surface area contributed by atoms with Crippen molar-refractivity contribution in [3.8, 4) is 5.75 Å². The zero-order valence-electron chi connectivity index (χ0n) is 11.6. The first-order valence-corrected chi connectivity index (χ1v) is 7.23. The van der Waals surface area contributed by atoms with Crippen LogP contribution in [0.25, 0.3) is 0 Å². The molecule has 0 amide bonds. The van der Waals surface area contributed by atoms with Crippen molar-refractivity contribution in [2.24, 2.45) is 5.10 Å². The molecule has 0 aliphatic carbocycles. The SMILES string of the molecule is Fc1ccc(OCc2ccc(/C=N\n3cn[nH]c3=S)o2)cc1Cl. The molecule has 3 rings (SSSR count). The number of hydrogen-bond acceptors (Lipinski definition) is 5. The number of aromatic amines is 1. The van der Waals surface area contributed by atoms with E-state index in [2.05, 4.69) is 15.3 Å². The first-order valence-electron chi connectivity index (χ1n) is 6.45. The molecule has 9 heteroatoms. The fraction of sp³-hybridized carbons (Fsp3) is 0.0714. The summed E-state index contributed by atoms with van der Waals surface area (Å²) in [6.45, 7) is 0.181. The highest BCUT2D eigenvalue weighted by molar-refractivity contribution is 7.71. The normalized spacial score (nSPS) is 11.2. The van der Waals surface area contributed by atoms with Gasteiger partial charge in [-0.15, -0.1) is 0 Å². The van der Waals surface area contributed by atoms with Crippen LogP contribution in [0.5, 0.6) is 5.75 Å². The number of halogens is 2. The molecular weight excluding hydrogens is 343 g/mol. The lowest BCUT2D eigenvalue weighted by molar-refractivity contribution is 0.269. The van der Waals surface area contributed by atoms with Crippen LogP contribution in [0.3, 0.4) is 0 Å². The van der Waals surface area contributed by atoms with Crippen LogP contribution < -0.4 is 4.74 Å². The summed E-state index contributed by atoms with van der Waals surface area (Å²) in [7, 11) is 0. The highest BCUT2D eigenvalue weighted by Gasteiger charge is 2.04. The van der Waals surface area contributed by atoms with E-state index >= 15 is 0 Å². The number of hydrogen-bond donors (Lipinski definition) is 1. The summed E-state index contributed by atoms with van der Waals surface area (Å²) in [5, 5.41) is 10.4. The van der Waals surface area contributed by atoms with E-state index < -0.39 is 5.82 Å². The van der Waals surface area contributed by atoms with Crippen molar-refractivity contribution >= 4 is 30.0 Å². The molecule has 2 heterocycles. The maximum Gasteiger partial charge on any atom is 0.216 e. The van der Waals surface area contributed by atoms with Crippen LogP contribution in [0.2, 0.25) is 5.02 Å². The fourth-order valence-electron chi connectivity index (χ4n) is 1.71. The number of furan rings is 1. The largest absolute Gasteiger partial charge is 0.486 e. The Morgan fingerprint density at radius 2 is 2.30 bits per heavy atom. The van der Waals surface area contributed by atoms with E-state index in [4.69, 9.17) is 33.0 Å². The van der Waals surface area contributed by atoms with E-state index in [1.165, 1.54) is 35.4 Å². The monoisotopic (exact) mass is 352 g/mol. The molecule has 0 spiro atoms. The Labute approximate surface area is 140 Å². The van der Waals surface area contributed by atoms with Gasteiger partial charge in [-0.1, -0.05) is 11.6 Å². The van der Waals surface area contributed by atoms with E-state index in [0.717, 1.165) is 0 Å². The van der Waals surface area contributed by atoms with E-state index in [1.54, 1.807) is 12.1 Å². The number of benzene rings is 1. The Morgan fingerprint density at radius 3 is 3.04 bits per heavy atom. The van der Waals surface area contributed by atoms with Gasteiger partial charge in [0.15, 0.2) is 0 Å². The minimum atomic E-state index is -0.492. The Morgan fingerprint density at radius 1 is 1.43 bits per heavy atom. The molecule has 6 nitrogen and oxygen atoms in total. The van der Waals surface area contributed by atoms with Crippen molar-refractivity contribution in [1.82, 2.24) is 14.9 Å². The molecule has 0 radical (unpaired) electrons. The number of aromatic nitrogens is 3. The second-order valence-electron chi connectivity index (χ2n) is 4.42. The van der Waals surface area contributed by atoms with Crippen LogP contribution in [0.15, 0.2) is 46.2 Å². The van der Waals surface area contributed by atoms with Crippen molar-refractivity contribution in [2.75, 3.05) is 0 Å². The minimum Gasteiger partial charge on any atom is -0.486 e. The topological polar surface area (TPSA) is 68.3 Å². The third-order valence-corrected chi connectivity index (χ3v) is 3.37. The van der Waals surface area contributed by atoms with Gasteiger partial charge in [0.2, 0.25) is 4.77 Å². The van der Waals surface area contributed by atoms with Gasteiger partial charge in [0.05, 0.1) is 11.2 Å². The highest BCUT2D eigenvalue weighted by Crippen LogP contribution is 2.22. The van der Waals surface area contributed by atoms with Crippen LogP contribution >= 0.6 is 23.8 Å². The van der Waals surface area contributed by atoms with Gasteiger partial charge in [0, 0.05) is 6.07 Å². The van der Waals surface area contributed by atoms with Crippen molar-refractivity contribution < 1.29 is 13.5 Å². The van der Waals surface area contributed by atoms with Crippen LogP contribution in [-0.2, 0) is 6.61 Å². The molecule has 0 saturated carbocycles. The molecule has 0 bridgehead atoms. The lowest BCUT2D eigenvalue weighted by Gasteiger charge is -2.04. The third kappa shape index (κ3) is 3.85. The smallest absolute Gasteiger partial charge is 0.216 e. The minimum absolute atomic E-state index is 0.00613. The summed E-state index contributed by atoms with van der Waals surface area (Å²) in [4.78, 5) is 0. The first-order chi connectivity index (χ1) is 11.1. The van der Waals surface area contributed by atoms with Gasteiger partial charge in [-0.3, -0.25) is 5.10 Å². The third-order valence-electron chi connectivity index (χ3n) is 2.80. The summed E-state index contributed by atoms with van der Waals surface area (Å²) in [6.07, 6.45) is 2.95. The molecule has 23 heavy (non-hydrogen) atoms. The summed E-state index contributed by atoms with van der Waals surface area (Å²) in [5.41, 5.74) is 0. The number of H-pyrrole nitrogens is 1. The Balaban J connectivity index is 1.63. The summed E-state index contributed by atoms with van der Waals surface area (Å²) in [6, 6.07) is 7.63. The van der Waals surface area contributed by atoms with Gasteiger partial charge in [-0.2, -0.15) is 14.9 Å². The van der Waals surface area contributed by atoms with Crippen molar-refractivity contribution in [3.05, 3.63) is 63.8 Å². The predicted molar refractivity (Wildman–Crippen MR) is 84.9 cm³/mol. The lowest BCUT2D eigenvalue weighted by atomic mass is 10.3. The molecule has 0 fully saturated rings. The zero-order valence-corrected chi connectivity index (χ0v) is 13.1. The number of ether oxygens (including phenoxy) is 1. The van der Waals surface area contributed by atoms with Gasteiger partial charge in [0.25, 0.3) is 0 Å². The molecule has 1 aromatic carbocycles.